The number of aromatic nitrogens is 3. The zero-order valence-electron chi connectivity index (χ0n) is 16.0. The van der Waals surface area contributed by atoms with Crippen LogP contribution >= 0.6 is 0 Å². The Morgan fingerprint density at radius 3 is 2.43 bits per heavy atom. The van der Waals surface area contributed by atoms with Crippen LogP contribution in [0.4, 0.5) is 24.5 Å². The molecule has 1 amide bonds. The maximum absolute atomic E-state index is 13.5. The van der Waals surface area contributed by atoms with Crippen molar-refractivity contribution in [1.29, 1.82) is 0 Å². The topological polar surface area (TPSA) is 123 Å². The lowest BCUT2D eigenvalue weighted by molar-refractivity contribution is -0.384. The summed E-state index contributed by atoms with van der Waals surface area (Å²) in [5, 5.41) is 26.6. The first kappa shape index (κ1) is 21.0. The first-order valence-corrected chi connectivity index (χ1v) is 8.54. The van der Waals surface area contributed by atoms with Crippen LogP contribution in [0.1, 0.15) is 42.6 Å². The zero-order chi connectivity index (χ0) is 22.4. The fourth-order valence-electron chi connectivity index (χ4n) is 2.60. The van der Waals surface area contributed by atoms with Gasteiger partial charge < -0.3 is 10.4 Å². The number of carbonyl (C=O) groups is 1. The molecule has 3 aromatic rings. The monoisotopic (exact) mass is 423 g/mol. The fourth-order valence-corrected chi connectivity index (χ4v) is 2.60. The van der Waals surface area contributed by atoms with E-state index in [1.807, 2.05) is 0 Å². The fraction of sp³-hybridized carbons (Fsp3) is 0.278. The van der Waals surface area contributed by atoms with E-state index in [0.717, 1.165) is 30.3 Å². The smallest absolute Gasteiger partial charge is 0.433 e. The van der Waals surface area contributed by atoms with Crippen LogP contribution in [0.2, 0.25) is 0 Å². The number of nitrogens with zero attached hydrogens (tertiary/aromatic N) is 4. The Labute approximate surface area is 167 Å². The minimum absolute atomic E-state index is 0.158. The predicted octanol–water partition coefficient (Wildman–Crippen LogP) is 3.91. The second-order valence-corrected chi connectivity index (χ2v) is 7.49. The Morgan fingerprint density at radius 1 is 1.20 bits per heavy atom. The van der Waals surface area contributed by atoms with E-state index in [9.17, 15) is 33.2 Å². The molecule has 0 aliphatic heterocycles. The van der Waals surface area contributed by atoms with Crippen LogP contribution in [0, 0.1) is 10.1 Å². The molecule has 0 aliphatic rings. The number of halogens is 3. The van der Waals surface area contributed by atoms with Crippen molar-refractivity contribution in [3.8, 4) is 5.75 Å². The van der Waals surface area contributed by atoms with Gasteiger partial charge in [0.25, 0.3) is 11.6 Å². The van der Waals surface area contributed by atoms with Crippen molar-refractivity contribution in [2.24, 2.45) is 0 Å². The largest absolute Gasteiger partial charge is 0.506 e. The van der Waals surface area contributed by atoms with Crippen LogP contribution in [0.5, 0.6) is 5.75 Å². The molecule has 0 radical (unpaired) electrons. The number of phenolic OH excluding ortho intramolecular Hbond substituents is 1. The molecule has 1 aromatic carbocycles. The van der Waals surface area contributed by atoms with E-state index in [1.165, 1.54) is 0 Å². The number of aromatic hydroxyl groups is 1. The molecule has 158 valence electrons. The van der Waals surface area contributed by atoms with Crippen molar-refractivity contribution >= 4 is 22.9 Å². The Morgan fingerprint density at radius 2 is 1.87 bits per heavy atom. The molecule has 0 saturated carbocycles. The van der Waals surface area contributed by atoms with E-state index in [-0.39, 0.29) is 17.0 Å². The minimum Gasteiger partial charge on any atom is -0.506 e. The molecular formula is C18H16F3N5O4. The number of nitro benzene ring substituents is 1. The van der Waals surface area contributed by atoms with Crippen molar-refractivity contribution in [1.82, 2.24) is 14.6 Å². The van der Waals surface area contributed by atoms with Gasteiger partial charge in [0.15, 0.2) is 11.3 Å². The van der Waals surface area contributed by atoms with Gasteiger partial charge in [-0.25, -0.2) is 9.50 Å². The number of nitro groups is 1. The first-order valence-electron chi connectivity index (χ1n) is 8.54. The molecule has 2 N–H and O–H groups in total. The molecule has 0 bridgehead atoms. The van der Waals surface area contributed by atoms with E-state index in [4.69, 9.17) is 0 Å². The molecule has 0 spiro atoms. The third kappa shape index (κ3) is 4.02. The molecule has 0 fully saturated rings. The van der Waals surface area contributed by atoms with Crippen LogP contribution in [0.15, 0.2) is 30.3 Å². The maximum Gasteiger partial charge on any atom is 0.433 e. The summed E-state index contributed by atoms with van der Waals surface area (Å²) in [6.45, 7) is 5.09. The Bertz CT molecular complexity index is 1170. The molecular weight excluding hydrogens is 407 g/mol. The summed E-state index contributed by atoms with van der Waals surface area (Å²) in [5.41, 5.74) is -2.92. The highest BCUT2D eigenvalue weighted by atomic mass is 19.4. The average Bonchev–Trinajstić information content (AvgIpc) is 3.05. The van der Waals surface area contributed by atoms with Gasteiger partial charge in [0.05, 0.1) is 16.3 Å². The highest BCUT2D eigenvalue weighted by molar-refractivity contribution is 6.04. The number of hydrogen-bond donors (Lipinski definition) is 2. The molecule has 2 aromatic heterocycles. The van der Waals surface area contributed by atoms with E-state index >= 15 is 0 Å². The number of carbonyl (C=O) groups excluding carboxylic acids is 1. The van der Waals surface area contributed by atoms with Crippen LogP contribution in [-0.2, 0) is 11.6 Å². The zero-order valence-corrected chi connectivity index (χ0v) is 16.0. The number of phenols is 1. The van der Waals surface area contributed by atoms with Gasteiger partial charge in [-0.05, 0) is 12.1 Å². The number of benzene rings is 1. The Kier molecular flexibility index (Phi) is 4.88. The van der Waals surface area contributed by atoms with Gasteiger partial charge in [0.2, 0.25) is 0 Å². The van der Waals surface area contributed by atoms with Crippen molar-refractivity contribution < 1.29 is 28.0 Å². The second kappa shape index (κ2) is 6.97. The van der Waals surface area contributed by atoms with Crippen LogP contribution in [0.3, 0.4) is 0 Å². The van der Waals surface area contributed by atoms with E-state index in [1.54, 1.807) is 20.8 Å². The number of hydrogen-bond acceptors (Lipinski definition) is 6. The average molecular weight is 423 g/mol. The van der Waals surface area contributed by atoms with Crippen molar-refractivity contribution in [3.05, 3.63) is 57.5 Å². The summed E-state index contributed by atoms with van der Waals surface area (Å²) in [7, 11) is 0. The van der Waals surface area contributed by atoms with Gasteiger partial charge in [-0.1, -0.05) is 20.8 Å². The minimum atomic E-state index is -4.75. The summed E-state index contributed by atoms with van der Waals surface area (Å²) < 4.78 is 41.1. The third-order valence-corrected chi connectivity index (χ3v) is 4.16. The van der Waals surface area contributed by atoms with Gasteiger partial charge in [0.1, 0.15) is 11.4 Å². The molecule has 2 heterocycles. The second-order valence-electron chi connectivity index (χ2n) is 7.49. The van der Waals surface area contributed by atoms with Gasteiger partial charge in [0, 0.05) is 23.6 Å². The molecule has 9 nitrogen and oxygen atoms in total. The number of alkyl halides is 3. The number of fused-ring (bicyclic) bond motifs is 1. The predicted molar refractivity (Wildman–Crippen MR) is 99.4 cm³/mol. The number of non-ortho nitro benzene ring substituents is 1. The van der Waals surface area contributed by atoms with Gasteiger partial charge in [-0.15, -0.1) is 0 Å². The van der Waals surface area contributed by atoms with Gasteiger partial charge in [-0.2, -0.15) is 18.3 Å². The van der Waals surface area contributed by atoms with Gasteiger partial charge in [-0.3, -0.25) is 14.9 Å². The lowest BCUT2D eigenvalue weighted by atomic mass is 9.91. The quantitative estimate of drug-likeness (QED) is 0.374. The van der Waals surface area contributed by atoms with E-state index in [0.29, 0.717) is 4.52 Å². The van der Waals surface area contributed by atoms with E-state index in [2.05, 4.69) is 15.4 Å². The molecule has 0 atom stereocenters. The van der Waals surface area contributed by atoms with Crippen LogP contribution in [0.25, 0.3) is 5.65 Å². The van der Waals surface area contributed by atoms with E-state index < -0.39 is 45.2 Å². The summed E-state index contributed by atoms with van der Waals surface area (Å²) in [5.74, 6) is -1.43. The molecule has 0 unspecified atom stereocenters. The molecule has 0 saturated heterocycles. The Balaban J connectivity index is 2.06. The standard InChI is InChI=1S/C18H16F3N5O4/c1-17(2,3)13-8-14(18(19,20)21)25-15(23-13)7-11(24-25)16(28)22-10-6-9(26(29)30)4-5-12(10)27/h4-8,27H,1-3H3,(H,22,28). The normalized spacial score (nSPS) is 12.2. The number of nitrogens with one attached hydrogen (secondary N) is 1. The van der Waals surface area contributed by atoms with Crippen LogP contribution < -0.4 is 5.32 Å². The number of amides is 1. The van der Waals surface area contributed by atoms with Crippen molar-refractivity contribution in [3.63, 3.8) is 0 Å². The summed E-state index contributed by atoms with van der Waals surface area (Å²) in [4.78, 5) is 26.8. The summed E-state index contributed by atoms with van der Waals surface area (Å²) in [6, 6.07) is 4.89. The molecule has 0 aliphatic carbocycles. The number of anilines is 1. The molecule has 30 heavy (non-hydrogen) atoms. The molecule has 3 rings (SSSR count). The first-order chi connectivity index (χ1) is 13.8. The van der Waals surface area contributed by atoms with Gasteiger partial charge >= 0.3 is 6.18 Å². The highest BCUT2D eigenvalue weighted by Crippen LogP contribution is 2.33. The molecule has 12 heteroatoms. The highest BCUT2D eigenvalue weighted by Gasteiger charge is 2.36. The Hall–Kier alpha value is -3.70. The maximum atomic E-state index is 13.5. The SMILES string of the molecule is CC(C)(C)c1cc(C(F)(F)F)n2nc(C(=O)Nc3cc([N+](=O)[O-])ccc3O)cc2n1. The summed E-state index contributed by atoms with van der Waals surface area (Å²) in [6.07, 6.45) is -4.75. The lowest BCUT2D eigenvalue weighted by Gasteiger charge is -2.19. The lowest BCUT2D eigenvalue weighted by Crippen LogP contribution is -2.20. The summed E-state index contributed by atoms with van der Waals surface area (Å²) >= 11 is 0. The van der Waals surface area contributed by atoms with Crippen molar-refractivity contribution in [2.45, 2.75) is 32.4 Å². The third-order valence-electron chi connectivity index (χ3n) is 4.16. The van der Waals surface area contributed by atoms with Crippen LogP contribution in [-0.4, -0.2) is 30.5 Å². The van der Waals surface area contributed by atoms with Crippen molar-refractivity contribution in [2.75, 3.05) is 5.32 Å². The number of rotatable bonds is 3.